The van der Waals surface area contributed by atoms with Gasteiger partial charge in [-0.1, -0.05) is 0 Å². The standard InChI is InChI=1S/C12H15N5O6/c1-13-17-10(21)8-9(16(4-7-20)12(17)23)15(3-6-19)11(22)14(8)2-5-18/h18-20H,2-7H2. The molecule has 0 saturated carbocycles. The van der Waals surface area contributed by atoms with Gasteiger partial charge in [0.2, 0.25) is 0 Å². The van der Waals surface area contributed by atoms with E-state index in [1.54, 1.807) is 0 Å². The molecule has 0 bridgehead atoms. The van der Waals surface area contributed by atoms with Crippen molar-refractivity contribution in [1.82, 2.24) is 18.4 Å². The predicted molar refractivity (Wildman–Crippen MR) is 78.0 cm³/mol. The number of hydrogen-bond donors (Lipinski definition) is 3. The van der Waals surface area contributed by atoms with Gasteiger partial charge in [-0.2, -0.15) is 6.57 Å². The highest BCUT2D eigenvalue weighted by atomic mass is 16.3. The monoisotopic (exact) mass is 325 g/mol. The van der Waals surface area contributed by atoms with E-state index in [0.717, 1.165) is 13.7 Å². The molecule has 2 aromatic heterocycles. The van der Waals surface area contributed by atoms with Gasteiger partial charge in [0.1, 0.15) is 0 Å². The Kier molecular flexibility index (Phi) is 4.80. The van der Waals surface area contributed by atoms with Gasteiger partial charge >= 0.3 is 16.9 Å². The molecule has 0 aromatic carbocycles. The fraction of sp³-hybridized carbons (Fsp3) is 0.500. The fourth-order valence-corrected chi connectivity index (χ4v) is 2.46. The minimum atomic E-state index is -0.989. The van der Waals surface area contributed by atoms with Gasteiger partial charge in [0.25, 0.3) is 0 Å². The van der Waals surface area contributed by atoms with Crippen molar-refractivity contribution >= 4 is 11.2 Å². The lowest BCUT2D eigenvalue weighted by molar-refractivity contribution is 0.265. The molecule has 3 N–H and O–H groups in total. The van der Waals surface area contributed by atoms with E-state index in [-0.39, 0.29) is 35.5 Å². The molecule has 0 aliphatic heterocycles. The van der Waals surface area contributed by atoms with Crippen molar-refractivity contribution in [1.29, 1.82) is 0 Å². The van der Waals surface area contributed by atoms with E-state index in [0.29, 0.717) is 0 Å². The summed E-state index contributed by atoms with van der Waals surface area (Å²) in [6, 6.07) is 0. The highest BCUT2D eigenvalue weighted by molar-refractivity contribution is 5.71. The number of rotatable bonds is 6. The Bertz CT molecular complexity index is 940. The van der Waals surface area contributed by atoms with Gasteiger partial charge in [0.05, 0.1) is 44.1 Å². The second kappa shape index (κ2) is 6.61. The second-order valence-electron chi connectivity index (χ2n) is 4.58. The SMILES string of the molecule is [C-]#[N+]n1c(=O)c2c(n(CCO)c1=O)n(CCO)c(=O)n2CCO. The van der Waals surface area contributed by atoms with Crippen LogP contribution in [0.5, 0.6) is 0 Å². The van der Waals surface area contributed by atoms with E-state index in [1.807, 2.05) is 0 Å². The van der Waals surface area contributed by atoms with Crippen molar-refractivity contribution in [2.24, 2.45) is 0 Å². The van der Waals surface area contributed by atoms with Crippen LogP contribution in [0, 0.1) is 6.57 Å². The summed E-state index contributed by atoms with van der Waals surface area (Å²) < 4.78 is 3.15. The molecule has 0 aliphatic rings. The molecule has 23 heavy (non-hydrogen) atoms. The van der Waals surface area contributed by atoms with Gasteiger partial charge in [0, 0.05) is 0 Å². The average Bonchev–Trinajstić information content (AvgIpc) is 2.79. The maximum atomic E-state index is 12.4. The van der Waals surface area contributed by atoms with E-state index in [4.69, 9.17) is 21.9 Å². The number of nitrogens with zero attached hydrogens (tertiary/aromatic N) is 5. The Morgan fingerprint density at radius 3 is 1.78 bits per heavy atom. The van der Waals surface area contributed by atoms with Crippen molar-refractivity contribution in [2.45, 2.75) is 19.6 Å². The molecule has 0 saturated heterocycles. The minimum absolute atomic E-state index is 0.0959. The van der Waals surface area contributed by atoms with E-state index in [1.165, 1.54) is 0 Å². The van der Waals surface area contributed by atoms with E-state index in [2.05, 4.69) is 4.95 Å². The van der Waals surface area contributed by atoms with Gasteiger partial charge in [-0.05, 0) is 0 Å². The molecule has 0 fully saturated rings. The van der Waals surface area contributed by atoms with Crippen molar-refractivity contribution < 1.29 is 15.3 Å². The van der Waals surface area contributed by atoms with Gasteiger partial charge in [-0.3, -0.25) is 18.5 Å². The number of aliphatic hydroxyl groups excluding tert-OH is 3. The van der Waals surface area contributed by atoms with Crippen LogP contribution in [0.2, 0.25) is 0 Å². The molecule has 11 nitrogen and oxygen atoms in total. The molecule has 124 valence electrons. The Morgan fingerprint density at radius 1 is 0.826 bits per heavy atom. The Balaban J connectivity index is 3.12. The zero-order valence-electron chi connectivity index (χ0n) is 12.0. The predicted octanol–water partition coefficient (Wildman–Crippen LogP) is -3.21. The van der Waals surface area contributed by atoms with E-state index < -0.39 is 36.8 Å². The van der Waals surface area contributed by atoms with Crippen molar-refractivity contribution in [3.63, 3.8) is 0 Å². The quantitative estimate of drug-likeness (QED) is 0.478. The topological polar surface area (TPSA) is 136 Å². The van der Waals surface area contributed by atoms with Crippen LogP contribution in [0.3, 0.4) is 0 Å². The van der Waals surface area contributed by atoms with Crippen LogP contribution < -0.4 is 16.9 Å². The average molecular weight is 325 g/mol. The largest absolute Gasteiger partial charge is 0.401 e. The van der Waals surface area contributed by atoms with Crippen LogP contribution in [0.25, 0.3) is 16.1 Å². The molecule has 0 unspecified atom stereocenters. The molecule has 2 rings (SSSR count). The highest BCUT2D eigenvalue weighted by Crippen LogP contribution is 2.08. The van der Waals surface area contributed by atoms with Gasteiger partial charge in [-0.15, -0.1) is 4.95 Å². The molecule has 0 aliphatic carbocycles. The number of hydrogen-bond acceptors (Lipinski definition) is 6. The van der Waals surface area contributed by atoms with E-state index in [9.17, 15) is 14.4 Å². The molecule has 0 radical (unpaired) electrons. The third-order valence-electron chi connectivity index (χ3n) is 3.33. The summed E-state index contributed by atoms with van der Waals surface area (Å²) in [5, 5.41) is 27.3. The molecule has 0 amide bonds. The van der Waals surface area contributed by atoms with Crippen molar-refractivity contribution in [3.8, 4) is 0 Å². The summed E-state index contributed by atoms with van der Waals surface area (Å²) in [6.07, 6.45) is 0. The molecule has 11 heteroatoms. The normalized spacial score (nSPS) is 11.0. The first-order valence-corrected chi connectivity index (χ1v) is 6.72. The maximum Gasteiger partial charge on any atom is 0.401 e. The third-order valence-corrected chi connectivity index (χ3v) is 3.33. The van der Waals surface area contributed by atoms with Crippen LogP contribution >= 0.6 is 0 Å². The summed E-state index contributed by atoms with van der Waals surface area (Å²) in [6.45, 7) is 5.03. The molecule has 0 atom stereocenters. The van der Waals surface area contributed by atoms with Crippen LogP contribution in [0.1, 0.15) is 0 Å². The van der Waals surface area contributed by atoms with Crippen LogP contribution in [0.4, 0.5) is 0 Å². The Hall–Kier alpha value is -2.68. The van der Waals surface area contributed by atoms with Gasteiger partial charge in [0.15, 0.2) is 11.2 Å². The molecule has 2 heterocycles. The highest BCUT2D eigenvalue weighted by Gasteiger charge is 2.25. The fourth-order valence-electron chi connectivity index (χ4n) is 2.46. The third kappa shape index (κ3) is 2.48. The lowest BCUT2D eigenvalue weighted by Crippen LogP contribution is -2.38. The van der Waals surface area contributed by atoms with E-state index >= 15 is 0 Å². The zero-order valence-corrected chi connectivity index (χ0v) is 12.0. The smallest absolute Gasteiger partial charge is 0.395 e. The Morgan fingerprint density at radius 2 is 1.30 bits per heavy atom. The first-order valence-electron chi connectivity index (χ1n) is 6.72. The second-order valence-corrected chi connectivity index (χ2v) is 4.58. The lowest BCUT2D eigenvalue weighted by Gasteiger charge is -2.08. The number of imidazole rings is 1. The van der Waals surface area contributed by atoms with Crippen LogP contribution in [-0.2, 0) is 19.6 Å². The summed E-state index contributed by atoms with van der Waals surface area (Å²) in [5.74, 6) is 0. The summed E-state index contributed by atoms with van der Waals surface area (Å²) in [7, 11) is 0. The summed E-state index contributed by atoms with van der Waals surface area (Å²) in [4.78, 5) is 39.8. The number of aromatic nitrogens is 4. The summed E-state index contributed by atoms with van der Waals surface area (Å²) >= 11 is 0. The van der Waals surface area contributed by atoms with Gasteiger partial charge < -0.3 is 15.3 Å². The number of fused-ring (bicyclic) bond motifs is 1. The van der Waals surface area contributed by atoms with Gasteiger partial charge in [-0.25, -0.2) is 9.59 Å². The molecule has 0 spiro atoms. The zero-order chi connectivity index (χ0) is 17.1. The maximum absolute atomic E-state index is 12.4. The molecular weight excluding hydrogens is 310 g/mol. The van der Waals surface area contributed by atoms with Crippen molar-refractivity contribution in [2.75, 3.05) is 19.8 Å². The van der Waals surface area contributed by atoms with Crippen molar-refractivity contribution in [3.05, 3.63) is 42.8 Å². The van der Waals surface area contributed by atoms with Crippen LogP contribution in [0.15, 0.2) is 14.4 Å². The molecular formula is C12H15N5O6. The first-order chi connectivity index (χ1) is 11.0. The number of aliphatic hydroxyl groups is 3. The first kappa shape index (κ1) is 16.7. The van der Waals surface area contributed by atoms with Crippen LogP contribution in [-0.4, -0.2) is 53.5 Å². The summed E-state index contributed by atoms with van der Waals surface area (Å²) in [5.41, 5.74) is -3.01. The molecule has 2 aromatic rings. The minimum Gasteiger partial charge on any atom is -0.395 e. The Labute approximate surface area is 128 Å². The lowest BCUT2D eigenvalue weighted by atomic mass is 10.4.